The first kappa shape index (κ1) is 20.4. The summed E-state index contributed by atoms with van der Waals surface area (Å²) in [5.74, 6) is 0.0655. The van der Waals surface area contributed by atoms with Gasteiger partial charge in [-0.2, -0.15) is 0 Å². The third kappa shape index (κ3) is 6.39. The Hall–Kier alpha value is -2.30. The molecule has 1 aromatic rings. The van der Waals surface area contributed by atoms with Crippen molar-refractivity contribution in [2.45, 2.75) is 76.7 Å². The van der Waals surface area contributed by atoms with Gasteiger partial charge in [0, 0.05) is 6.42 Å². The van der Waals surface area contributed by atoms with Crippen molar-refractivity contribution in [2.75, 3.05) is 0 Å². The van der Waals surface area contributed by atoms with Crippen LogP contribution in [-0.4, -0.2) is 23.1 Å². The number of carboxylic acid groups (broad SMARTS) is 1. The van der Waals surface area contributed by atoms with E-state index in [0.717, 1.165) is 30.6 Å². The molecular weight excluding hydrogens is 354 g/mol. The number of rotatable bonds is 8. The molecule has 152 valence electrons. The van der Waals surface area contributed by atoms with Crippen LogP contribution < -0.4 is 10.1 Å². The lowest BCUT2D eigenvalue weighted by atomic mass is 9.98. The lowest BCUT2D eigenvalue weighted by Gasteiger charge is -2.23. The molecule has 2 aliphatic rings. The number of nitrogens with one attached hydrogen (secondary N) is 1. The van der Waals surface area contributed by atoms with Crippen LogP contribution in [0, 0.1) is 5.92 Å². The molecule has 5 nitrogen and oxygen atoms in total. The number of hydrogen-bond donors (Lipinski definition) is 2. The first-order chi connectivity index (χ1) is 13.6. The number of carboxylic acids is 1. The average Bonchev–Trinajstić information content (AvgIpc) is 3.22. The summed E-state index contributed by atoms with van der Waals surface area (Å²) in [7, 11) is 0. The Kier molecular flexibility index (Phi) is 7.52. The SMILES string of the molecule is O=C(CCC1CCCC1)NC(=Cc1ccc(OC2CCCCC2)cc1)C(=O)O. The summed E-state index contributed by atoms with van der Waals surface area (Å²) in [6.45, 7) is 0. The van der Waals surface area contributed by atoms with Crippen LogP contribution in [0.25, 0.3) is 6.08 Å². The first-order valence-electron chi connectivity index (χ1n) is 10.6. The van der Waals surface area contributed by atoms with Gasteiger partial charge in [-0.3, -0.25) is 4.79 Å². The van der Waals surface area contributed by atoms with Gasteiger partial charge in [-0.1, -0.05) is 44.2 Å². The summed E-state index contributed by atoms with van der Waals surface area (Å²) in [5, 5.41) is 12.0. The Morgan fingerprint density at radius 1 is 1.00 bits per heavy atom. The van der Waals surface area contributed by atoms with Gasteiger partial charge in [0.15, 0.2) is 0 Å². The maximum Gasteiger partial charge on any atom is 0.352 e. The van der Waals surface area contributed by atoms with Gasteiger partial charge >= 0.3 is 5.97 Å². The summed E-state index contributed by atoms with van der Waals surface area (Å²) in [4.78, 5) is 23.7. The Balaban J connectivity index is 1.54. The van der Waals surface area contributed by atoms with Crippen molar-refractivity contribution in [2.24, 2.45) is 5.92 Å². The fraction of sp³-hybridized carbons (Fsp3) is 0.565. The zero-order chi connectivity index (χ0) is 19.8. The average molecular weight is 386 g/mol. The molecule has 3 rings (SSSR count). The molecule has 0 unspecified atom stereocenters. The zero-order valence-corrected chi connectivity index (χ0v) is 16.5. The maximum atomic E-state index is 12.1. The smallest absolute Gasteiger partial charge is 0.352 e. The van der Waals surface area contributed by atoms with E-state index in [0.29, 0.717) is 12.3 Å². The second-order valence-electron chi connectivity index (χ2n) is 8.05. The van der Waals surface area contributed by atoms with Crippen molar-refractivity contribution in [1.29, 1.82) is 0 Å². The molecular formula is C23H31NO4. The second kappa shape index (κ2) is 10.3. The number of aliphatic carboxylic acids is 1. The third-order valence-electron chi connectivity index (χ3n) is 5.80. The van der Waals surface area contributed by atoms with Crippen molar-refractivity contribution in [1.82, 2.24) is 5.32 Å². The Morgan fingerprint density at radius 2 is 1.64 bits per heavy atom. The van der Waals surface area contributed by atoms with E-state index < -0.39 is 5.97 Å². The molecule has 0 heterocycles. The topological polar surface area (TPSA) is 75.6 Å². The molecule has 2 fully saturated rings. The lowest BCUT2D eigenvalue weighted by Crippen LogP contribution is -2.27. The van der Waals surface area contributed by atoms with Gasteiger partial charge in [-0.05, 0) is 61.8 Å². The molecule has 0 radical (unpaired) electrons. The fourth-order valence-corrected chi connectivity index (χ4v) is 4.18. The molecule has 0 aromatic heterocycles. The van der Waals surface area contributed by atoms with Crippen molar-refractivity contribution >= 4 is 18.0 Å². The standard InChI is InChI=1S/C23H31NO4/c25-22(15-12-17-6-4-5-7-17)24-21(23(26)27)16-18-10-13-20(14-11-18)28-19-8-2-1-3-9-19/h10-11,13-14,16-17,19H,1-9,12,15H2,(H,24,25)(H,26,27). The fourth-order valence-electron chi connectivity index (χ4n) is 4.18. The number of hydrogen-bond acceptors (Lipinski definition) is 3. The van der Waals surface area contributed by atoms with E-state index in [1.807, 2.05) is 24.3 Å². The molecule has 0 saturated heterocycles. The molecule has 5 heteroatoms. The van der Waals surface area contributed by atoms with Gasteiger partial charge in [-0.15, -0.1) is 0 Å². The van der Waals surface area contributed by atoms with Crippen molar-refractivity contribution < 1.29 is 19.4 Å². The Morgan fingerprint density at radius 3 is 2.29 bits per heavy atom. The highest BCUT2D eigenvalue weighted by Gasteiger charge is 2.18. The monoisotopic (exact) mass is 385 g/mol. The highest BCUT2D eigenvalue weighted by molar-refractivity contribution is 5.96. The molecule has 28 heavy (non-hydrogen) atoms. The summed E-state index contributed by atoms with van der Waals surface area (Å²) in [6.07, 6.45) is 13.8. The van der Waals surface area contributed by atoms with Gasteiger partial charge in [0.25, 0.3) is 0 Å². The minimum Gasteiger partial charge on any atom is -0.490 e. The number of carbonyl (C=O) groups is 2. The zero-order valence-electron chi connectivity index (χ0n) is 16.5. The van der Waals surface area contributed by atoms with Crippen LogP contribution in [0.2, 0.25) is 0 Å². The first-order valence-corrected chi connectivity index (χ1v) is 10.6. The van der Waals surface area contributed by atoms with Crippen LogP contribution >= 0.6 is 0 Å². The van der Waals surface area contributed by atoms with Gasteiger partial charge in [-0.25, -0.2) is 4.79 Å². The largest absolute Gasteiger partial charge is 0.490 e. The van der Waals surface area contributed by atoms with Gasteiger partial charge in [0.05, 0.1) is 6.10 Å². The normalized spacial score (nSPS) is 18.8. The van der Waals surface area contributed by atoms with Crippen molar-refractivity contribution in [3.8, 4) is 5.75 Å². The minimum absolute atomic E-state index is 0.0858. The highest BCUT2D eigenvalue weighted by atomic mass is 16.5. The van der Waals surface area contributed by atoms with Crippen LogP contribution in [0.4, 0.5) is 0 Å². The molecule has 2 saturated carbocycles. The molecule has 0 bridgehead atoms. The summed E-state index contributed by atoms with van der Waals surface area (Å²) >= 11 is 0. The van der Waals surface area contributed by atoms with E-state index in [1.165, 1.54) is 51.0 Å². The van der Waals surface area contributed by atoms with Crippen LogP contribution in [-0.2, 0) is 9.59 Å². The van der Waals surface area contributed by atoms with Crippen LogP contribution in [0.15, 0.2) is 30.0 Å². The lowest BCUT2D eigenvalue weighted by molar-refractivity contribution is -0.134. The summed E-state index contributed by atoms with van der Waals surface area (Å²) in [6, 6.07) is 7.38. The molecule has 0 spiro atoms. The molecule has 1 amide bonds. The summed E-state index contributed by atoms with van der Waals surface area (Å²) < 4.78 is 6.00. The second-order valence-corrected chi connectivity index (χ2v) is 8.05. The van der Waals surface area contributed by atoms with E-state index in [1.54, 1.807) is 0 Å². The van der Waals surface area contributed by atoms with E-state index in [4.69, 9.17) is 4.74 Å². The third-order valence-corrected chi connectivity index (χ3v) is 5.80. The number of ether oxygens (including phenoxy) is 1. The predicted molar refractivity (Wildman–Crippen MR) is 109 cm³/mol. The van der Waals surface area contributed by atoms with Gasteiger partial charge in [0.1, 0.15) is 11.4 Å². The Bertz CT molecular complexity index is 683. The van der Waals surface area contributed by atoms with Crippen LogP contribution in [0.3, 0.4) is 0 Å². The number of benzene rings is 1. The molecule has 2 aliphatic carbocycles. The summed E-state index contributed by atoms with van der Waals surface area (Å²) in [5.41, 5.74) is 0.641. The van der Waals surface area contributed by atoms with E-state index in [2.05, 4.69) is 5.32 Å². The molecule has 0 atom stereocenters. The number of amides is 1. The van der Waals surface area contributed by atoms with E-state index in [9.17, 15) is 14.7 Å². The van der Waals surface area contributed by atoms with E-state index in [-0.39, 0.29) is 17.7 Å². The van der Waals surface area contributed by atoms with E-state index >= 15 is 0 Å². The van der Waals surface area contributed by atoms with Crippen molar-refractivity contribution in [3.63, 3.8) is 0 Å². The number of carbonyl (C=O) groups excluding carboxylic acids is 1. The maximum absolute atomic E-state index is 12.1. The quantitative estimate of drug-likeness (QED) is 0.624. The van der Waals surface area contributed by atoms with Crippen LogP contribution in [0.1, 0.15) is 76.2 Å². The highest BCUT2D eigenvalue weighted by Crippen LogP contribution is 2.28. The molecule has 0 aliphatic heterocycles. The van der Waals surface area contributed by atoms with Crippen LogP contribution in [0.5, 0.6) is 5.75 Å². The Labute approximate surface area is 167 Å². The van der Waals surface area contributed by atoms with Gasteiger partial charge < -0.3 is 15.2 Å². The molecule has 1 aromatic carbocycles. The minimum atomic E-state index is -1.13. The molecule has 2 N–H and O–H groups in total. The predicted octanol–water partition coefficient (Wildman–Crippen LogP) is 4.91. The van der Waals surface area contributed by atoms with Gasteiger partial charge in [0.2, 0.25) is 5.91 Å². The van der Waals surface area contributed by atoms with Crippen molar-refractivity contribution in [3.05, 3.63) is 35.5 Å².